The van der Waals surface area contributed by atoms with E-state index in [1.165, 1.54) is 0 Å². The maximum Gasteiger partial charge on any atom is 0.472 e. The second-order valence-corrected chi connectivity index (χ2v) is 28.8. The fourth-order valence-corrected chi connectivity index (χ4v) is 11.3. The van der Waals surface area contributed by atoms with Gasteiger partial charge in [0.1, 0.15) is 19.3 Å². The van der Waals surface area contributed by atoms with Crippen LogP contribution in [0.5, 0.6) is 0 Å². The number of phosphoric acid groups is 2. The lowest BCUT2D eigenvalue weighted by molar-refractivity contribution is -0.161. The Balaban J connectivity index is 5.51. The first-order chi connectivity index (χ1) is 52.7. The van der Waals surface area contributed by atoms with Crippen LogP contribution in [0.4, 0.5) is 0 Å². The van der Waals surface area contributed by atoms with Crippen LogP contribution in [-0.2, 0) is 65.4 Å². The minimum atomic E-state index is -5.02. The molecule has 0 bridgehead atoms. The molecule has 5 unspecified atom stereocenters. The molecule has 0 amide bonds. The summed E-state index contributed by atoms with van der Waals surface area (Å²) in [6, 6.07) is 0. The lowest BCUT2D eigenvalue weighted by atomic mass is 10.1. The van der Waals surface area contributed by atoms with Crippen molar-refractivity contribution in [2.45, 2.75) is 290 Å². The summed E-state index contributed by atoms with van der Waals surface area (Å²) in [5, 5.41) is 10.6. The molecule has 108 heavy (non-hydrogen) atoms. The molecule has 0 aromatic heterocycles. The van der Waals surface area contributed by atoms with Crippen LogP contribution >= 0.6 is 15.6 Å². The SMILES string of the molecule is CC/C=C\C/C=C\C/C=C\C/C=C\C/C=C\C/C=C\CCC(=O)OCC(COP(=O)(O)OCC(O)COP(=O)(O)OCC(COC(=O)CCCCCCCC/C=C\C/C=C\C/C=C\C/C=C\CC)OC(=O)CCCCCCC/C=C\C/C=C\CCC)OC(=O)CCC/C=C\C/C=C\C/C=C\C/C=C\C/C=C\CC. The first-order valence-electron chi connectivity index (χ1n) is 40.3. The zero-order chi connectivity index (χ0) is 78.9. The standard InChI is InChI=1S/C89H140O17P2/c1-5-9-13-17-21-25-29-33-36-39-41-44-46-50-53-57-61-65-69-73-86(91)99-79-84(105-88(93)75-71-67-63-59-55-49-32-28-24-20-16-12-8-4)81-103-107(95,96)101-77-83(90)78-102-108(97,98)104-82-85(106-89(94)76-72-68-64-60-56-52-48-43-38-35-31-27-23-19-15-11-7-3)80-100-87(92)74-70-66-62-58-54-51-47-45-42-40-37-34-30-26-22-18-14-10-6-2/h9-11,13-16,20-23,25-28,32-38,41-42,44-45,48,51-52,54,60,62,64,66,83-85,90H,5-8,12,17-19,24,29-31,39-40,43,46-47,49-50,53,55-59,61,63,65,67-82H2,1-4H3,(H,95,96)(H,97,98)/b13-9-,14-10-,15-11-,20-16-,25-21-,26-22-,27-23-,32-28-,36-33-,37-34-,38-35-,44-41-,45-42-,52-48-,54-51-,64-60-,66-62-. The molecule has 5 atom stereocenters. The number of aliphatic hydroxyl groups excluding tert-OH is 1. The third kappa shape index (κ3) is 77.8. The van der Waals surface area contributed by atoms with E-state index in [2.05, 4.69) is 204 Å². The quantitative estimate of drug-likeness (QED) is 0.0169. The van der Waals surface area contributed by atoms with Gasteiger partial charge in [-0.3, -0.25) is 37.3 Å². The largest absolute Gasteiger partial charge is 0.472 e. The first-order valence-corrected chi connectivity index (χ1v) is 43.3. The van der Waals surface area contributed by atoms with E-state index in [-0.39, 0.29) is 25.7 Å². The summed E-state index contributed by atoms with van der Waals surface area (Å²) in [6.07, 6.45) is 98.3. The van der Waals surface area contributed by atoms with Crippen LogP contribution in [0.3, 0.4) is 0 Å². The monoisotopic (exact) mass is 1540 g/mol. The van der Waals surface area contributed by atoms with Gasteiger partial charge in [0.25, 0.3) is 0 Å². The summed E-state index contributed by atoms with van der Waals surface area (Å²) in [5.74, 6) is -2.40. The lowest BCUT2D eigenvalue weighted by Gasteiger charge is -2.21. The van der Waals surface area contributed by atoms with Crippen molar-refractivity contribution in [2.75, 3.05) is 39.6 Å². The van der Waals surface area contributed by atoms with Crippen LogP contribution in [0.2, 0.25) is 0 Å². The number of esters is 4. The number of rotatable bonds is 73. The number of carbonyl (C=O) groups is 4. The highest BCUT2D eigenvalue weighted by Gasteiger charge is 2.30. The second-order valence-electron chi connectivity index (χ2n) is 25.9. The van der Waals surface area contributed by atoms with Crippen molar-refractivity contribution in [1.82, 2.24) is 0 Å². The highest BCUT2D eigenvalue weighted by Crippen LogP contribution is 2.45. The van der Waals surface area contributed by atoms with E-state index >= 15 is 0 Å². The molecule has 17 nitrogen and oxygen atoms in total. The molecule has 0 spiro atoms. The molecule has 0 heterocycles. The Morgan fingerprint density at radius 1 is 0.269 bits per heavy atom. The van der Waals surface area contributed by atoms with Crippen molar-refractivity contribution in [2.24, 2.45) is 0 Å². The van der Waals surface area contributed by atoms with Gasteiger partial charge in [0.2, 0.25) is 0 Å². The molecule has 0 fully saturated rings. The molecule has 0 aliphatic rings. The van der Waals surface area contributed by atoms with Crippen molar-refractivity contribution in [3.8, 4) is 0 Å². The van der Waals surface area contributed by atoms with Gasteiger partial charge < -0.3 is 33.8 Å². The van der Waals surface area contributed by atoms with Gasteiger partial charge in [0.05, 0.1) is 26.4 Å². The van der Waals surface area contributed by atoms with Gasteiger partial charge in [0, 0.05) is 25.7 Å². The van der Waals surface area contributed by atoms with Crippen molar-refractivity contribution in [3.63, 3.8) is 0 Å². The number of hydrogen-bond acceptors (Lipinski definition) is 15. The second kappa shape index (κ2) is 78.8. The predicted molar refractivity (Wildman–Crippen MR) is 445 cm³/mol. The molecule has 0 rings (SSSR count). The number of ether oxygens (including phenoxy) is 4. The van der Waals surface area contributed by atoms with Gasteiger partial charge in [-0.1, -0.05) is 286 Å². The molecular formula is C89H140O17P2. The van der Waals surface area contributed by atoms with Crippen molar-refractivity contribution in [1.29, 1.82) is 0 Å². The molecule has 0 aromatic carbocycles. The van der Waals surface area contributed by atoms with Gasteiger partial charge in [-0.25, -0.2) is 9.13 Å². The van der Waals surface area contributed by atoms with E-state index < -0.39 is 97.5 Å². The maximum atomic E-state index is 13.1. The molecule has 19 heteroatoms. The Bertz CT molecular complexity index is 2860. The van der Waals surface area contributed by atoms with Crippen molar-refractivity contribution < 1.29 is 80.2 Å². The molecule has 0 aromatic rings. The maximum absolute atomic E-state index is 13.1. The van der Waals surface area contributed by atoms with E-state index in [1.54, 1.807) is 0 Å². The number of allylic oxidation sites excluding steroid dienone is 34. The fraction of sp³-hybridized carbons (Fsp3) is 0.573. The molecule has 0 aliphatic carbocycles. The van der Waals surface area contributed by atoms with E-state index in [0.717, 1.165) is 180 Å². The Morgan fingerprint density at radius 2 is 0.509 bits per heavy atom. The Morgan fingerprint density at radius 3 is 0.833 bits per heavy atom. The zero-order valence-electron chi connectivity index (χ0n) is 66.4. The molecule has 608 valence electrons. The van der Waals surface area contributed by atoms with Gasteiger partial charge in [0.15, 0.2) is 12.2 Å². The van der Waals surface area contributed by atoms with Crippen LogP contribution in [0.1, 0.15) is 272 Å². The van der Waals surface area contributed by atoms with E-state index in [9.17, 15) is 43.2 Å². The van der Waals surface area contributed by atoms with E-state index in [1.807, 2.05) is 30.4 Å². The van der Waals surface area contributed by atoms with Crippen LogP contribution in [0.15, 0.2) is 207 Å². The van der Waals surface area contributed by atoms with Crippen LogP contribution in [-0.4, -0.2) is 96.7 Å². The first kappa shape index (κ1) is 102. The number of carbonyl (C=O) groups excluding carboxylic acids is 4. The molecular weight excluding hydrogens is 1400 g/mol. The smallest absolute Gasteiger partial charge is 0.462 e. The van der Waals surface area contributed by atoms with Crippen LogP contribution < -0.4 is 0 Å². The van der Waals surface area contributed by atoms with Gasteiger partial charge in [-0.2, -0.15) is 0 Å². The highest BCUT2D eigenvalue weighted by molar-refractivity contribution is 7.47. The Hall–Kier alpha value is -6.36. The van der Waals surface area contributed by atoms with E-state index in [4.69, 9.17) is 37.0 Å². The zero-order valence-corrected chi connectivity index (χ0v) is 68.2. The summed E-state index contributed by atoms with van der Waals surface area (Å²) in [5.41, 5.74) is 0. The topological polar surface area (TPSA) is 237 Å². The average molecular weight is 1540 g/mol. The lowest BCUT2D eigenvalue weighted by Crippen LogP contribution is -2.30. The number of aliphatic hydroxyl groups is 1. The molecule has 3 N–H and O–H groups in total. The third-order valence-corrected chi connectivity index (χ3v) is 17.6. The van der Waals surface area contributed by atoms with E-state index in [0.29, 0.717) is 38.5 Å². The van der Waals surface area contributed by atoms with Gasteiger partial charge in [-0.05, 0) is 167 Å². The molecule has 0 aliphatic heterocycles. The Labute approximate surface area is 652 Å². The van der Waals surface area contributed by atoms with Crippen LogP contribution in [0, 0.1) is 0 Å². The van der Waals surface area contributed by atoms with Gasteiger partial charge in [-0.15, -0.1) is 0 Å². The Kier molecular flexibility index (Phi) is 74.1. The van der Waals surface area contributed by atoms with Crippen molar-refractivity contribution >= 4 is 39.5 Å². The molecule has 0 saturated carbocycles. The summed E-state index contributed by atoms with van der Waals surface area (Å²) in [7, 11) is -10.0. The van der Waals surface area contributed by atoms with Crippen molar-refractivity contribution in [3.05, 3.63) is 207 Å². The fourth-order valence-electron chi connectivity index (χ4n) is 9.72. The average Bonchev–Trinajstić information content (AvgIpc) is 0.886. The normalized spacial score (nSPS) is 14.9. The number of phosphoric ester groups is 2. The summed E-state index contributed by atoms with van der Waals surface area (Å²) in [4.78, 5) is 73.0. The summed E-state index contributed by atoms with van der Waals surface area (Å²) < 4.78 is 68.5. The molecule has 0 radical (unpaired) electrons. The van der Waals surface area contributed by atoms with Gasteiger partial charge >= 0.3 is 39.5 Å². The predicted octanol–water partition coefficient (Wildman–Crippen LogP) is 23.9. The summed E-state index contributed by atoms with van der Waals surface area (Å²) >= 11 is 0. The minimum Gasteiger partial charge on any atom is -0.462 e. The third-order valence-electron chi connectivity index (χ3n) is 15.7. The number of unbranched alkanes of at least 4 members (excludes halogenated alkanes) is 13. The number of hydrogen-bond donors (Lipinski definition) is 3. The summed E-state index contributed by atoms with van der Waals surface area (Å²) in [6.45, 7) is 4.25. The molecule has 0 saturated heterocycles. The van der Waals surface area contributed by atoms with Crippen LogP contribution in [0.25, 0.3) is 0 Å². The highest BCUT2D eigenvalue weighted by atomic mass is 31.2. The minimum absolute atomic E-state index is 0.00853.